The van der Waals surface area contributed by atoms with Crippen molar-refractivity contribution in [2.75, 3.05) is 18.5 Å². The molecule has 0 spiro atoms. The van der Waals surface area contributed by atoms with E-state index in [2.05, 4.69) is 22.2 Å². The molecule has 1 unspecified atom stereocenters. The molecule has 0 bridgehead atoms. The van der Waals surface area contributed by atoms with E-state index in [1.54, 1.807) is 18.6 Å². The van der Waals surface area contributed by atoms with Gasteiger partial charge in [0.25, 0.3) is 0 Å². The van der Waals surface area contributed by atoms with Crippen molar-refractivity contribution in [3.63, 3.8) is 0 Å². The van der Waals surface area contributed by atoms with E-state index >= 15 is 0 Å². The van der Waals surface area contributed by atoms with Crippen molar-refractivity contribution in [1.29, 1.82) is 0 Å². The number of nitrogens with zero attached hydrogens (tertiary/aromatic N) is 2. The van der Waals surface area contributed by atoms with Gasteiger partial charge in [0.1, 0.15) is 5.82 Å². The zero-order valence-electron chi connectivity index (χ0n) is 7.77. The van der Waals surface area contributed by atoms with Crippen molar-refractivity contribution in [2.24, 2.45) is 5.92 Å². The van der Waals surface area contributed by atoms with Crippen LogP contribution < -0.4 is 5.32 Å². The molecule has 2 N–H and O–H groups in total. The van der Waals surface area contributed by atoms with Crippen LogP contribution in [-0.2, 0) is 0 Å². The highest BCUT2D eigenvalue weighted by Gasteiger charge is 2.00. The molecule has 4 nitrogen and oxygen atoms in total. The van der Waals surface area contributed by atoms with Gasteiger partial charge < -0.3 is 10.4 Å². The highest BCUT2D eigenvalue weighted by Crippen LogP contribution is 2.03. The van der Waals surface area contributed by atoms with Gasteiger partial charge in [-0.3, -0.25) is 4.98 Å². The molecule has 1 heterocycles. The number of nitrogens with one attached hydrogen (secondary N) is 1. The Bertz CT molecular complexity index is 228. The van der Waals surface area contributed by atoms with Gasteiger partial charge in [0, 0.05) is 25.5 Å². The molecule has 4 heteroatoms. The Morgan fingerprint density at radius 3 is 3.00 bits per heavy atom. The maximum absolute atomic E-state index is 8.68. The predicted octanol–water partition coefficient (Wildman–Crippen LogP) is 0.907. The molecule has 0 aromatic carbocycles. The minimum atomic E-state index is 0.239. The molecule has 0 aliphatic rings. The third-order valence-electron chi connectivity index (χ3n) is 1.82. The van der Waals surface area contributed by atoms with Gasteiger partial charge in [-0.05, 0) is 12.3 Å². The van der Waals surface area contributed by atoms with Crippen LogP contribution in [0.2, 0.25) is 0 Å². The zero-order chi connectivity index (χ0) is 9.52. The fraction of sp³-hybridized carbons (Fsp3) is 0.556. The SMILES string of the molecule is CC(CCO)CNc1cnccn1. The van der Waals surface area contributed by atoms with Crippen LogP contribution in [-0.4, -0.2) is 28.2 Å². The summed E-state index contributed by atoms with van der Waals surface area (Å²) in [5.74, 6) is 1.24. The molecular formula is C9H15N3O. The first kappa shape index (κ1) is 9.92. The first-order chi connectivity index (χ1) is 6.33. The number of hydrogen-bond donors (Lipinski definition) is 2. The average molecular weight is 181 g/mol. The summed E-state index contributed by atoms with van der Waals surface area (Å²) in [5, 5.41) is 11.8. The highest BCUT2D eigenvalue weighted by molar-refractivity contribution is 5.29. The van der Waals surface area contributed by atoms with E-state index in [1.807, 2.05) is 0 Å². The monoisotopic (exact) mass is 181 g/mol. The molecule has 0 amide bonds. The summed E-state index contributed by atoms with van der Waals surface area (Å²) < 4.78 is 0. The topological polar surface area (TPSA) is 58.0 Å². The normalized spacial score (nSPS) is 12.5. The minimum Gasteiger partial charge on any atom is -0.396 e. The lowest BCUT2D eigenvalue weighted by Gasteiger charge is -2.10. The quantitative estimate of drug-likeness (QED) is 0.708. The van der Waals surface area contributed by atoms with Gasteiger partial charge in [-0.25, -0.2) is 4.98 Å². The van der Waals surface area contributed by atoms with Crippen LogP contribution in [0.15, 0.2) is 18.6 Å². The van der Waals surface area contributed by atoms with E-state index in [9.17, 15) is 0 Å². The number of aliphatic hydroxyl groups excluding tert-OH is 1. The van der Waals surface area contributed by atoms with Crippen LogP contribution in [0.5, 0.6) is 0 Å². The van der Waals surface area contributed by atoms with Gasteiger partial charge >= 0.3 is 0 Å². The summed E-state index contributed by atoms with van der Waals surface area (Å²) in [7, 11) is 0. The molecule has 1 atom stereocenters. The molecule has 72 valence electrons. The summed E-state index contributed by atoms with van der Waals surface area (Å²) in [4.78, 5) is 8.01. The minimum absolute atomic E-state index is 0.239. The van der Waals surface area contributed by atoms with Crippen molar-refractivity contribution < 1.29 is 5.11 Å². The standard InChI is InChI=1S/C9H15N3O/c1-8(2-5-13)6-12-9-7-10-3-4-11-9/h3-4,7-8,13H,2,5-6H2,1H3,(H,11,12). The molecular weight excluding hydrogens is 166 g/mol. The van der Waals surface area contributed by atoms with Gasteiger partial charge in [-0.15, -0.1) is 0 Å². The Labute approximate surface area is 78.0 Å². The summed E-state index contributed by atoms with van der Waals surface area (Å²) in [6, 6.07) is 0. The molecule has 0 radical (unpaired) electrons. The van der Waals surface area contributed by atoms with Crippen LogP contribution in [0.4, 0.5) is 5.82 Å². The Kier molecular flexibility index (Phi) is 4.18. The van der Waals surface area contributed by atoms with Gasteiger partial charge in [0.2, 0.25) is 0 Å². The lowest BCUT2D eigenvalue weighted by molar-refractivity contribution is 0.266. The van der Waals surface area contributed by atoms with E-state index in [0.717, 1.165) is 18.8 Å². The summed E-state index contributed by atoms with van der Waals surface area (Å²) in [5.41, 5.74) is 0. The van der Waals surface area contributed by atoms with E-state index in [1.165, 1.54) is 0 Å². The molecule has 0 fully saturated rings. The third-order valence-corrected chi connectivity index (χ3v) is 1.82. The third kappa shape index (κ3) is 3.85. The summed E-state index contributed by atoms with van der Waals surface area (Å²) in [6.45, 7) is 3.14. The Balaban J connectivity index is 2.27. The van der Waals surface area contributed by atoms with Gasteiger partial charge in [0.15, 0.2) is 0 Å². The number of hydrogen-bond acceptors (Lipinski definition) is 4. The molecule has 0 aliphatic carbocycles. The molecule has 0 aliphatic heterocycles. The maximum atomic E-state index is 8.68. The number of aromatic nitrogens is 2. The van der Waals surface area contributed by atoms with Crippen molar-refractivity contribution in [2.45, 2.75) is 13.3 Å². The number of anilines is 1. The van der Waals surface area contributed by atoms with Crippen molar-refractivity contribution in [3.05, 3.63) is 18.6 Å². The molecule has 0 saturated heterocycles. The Morgan fingerprint density at radius 2 is 2.38 bits per heavy atom. The lowest BCUT2D eigenvalue weighted by atomic mass is 10.1. The van der Waals surface area contributed by atoms with Crippen LogP contribution in [0, 0.1) is 5.92 Å². The van der Waals surface area contributed by atoms with Gasteiger partial charge in [-0.1, -0.05) is 6.92 Å². The zero-order valence-corrected chi connectivity index (χ0v) is 7.77. The van der Waals surface area contributed by atoms with Gasteiger partial charge in [-0.2, -0.15) is 0 Å². The molecule has 1 aromatic heterocycles. The van der Waals surface area contributed by atoms with E-state index < -0.39 is 0 Å². The summed E-state index contributed by atoms with van der Waals surface area (Å²) in [6.07, 6.45) is 5.79. The van der Waals surface area contributed by atoms with Crippen molar-refractivity contribution in [1.82, 2.24) is 9.97 Å². The second-order valence-electron chi connectivity index (χ2n) is 3.09. The Hall–Kier alpha value is -1.16. The lowest BCUT2D eigenvalue weighted by Crippen LogP contribution is -2.13. The molecule has 1 aromatic rings. The number of rotatable bonds is 5. The second kappa shape index (κ2) is 5.48. The second-order valence-corrected chi connectivity index (χ2v) is 3.09. The first-order valence-corrected chi connectivity index (χ1v) is 4.43. The van der Waals surface area contributed by atoms with E-state index in [-0.39, 0.29) is 6.61 Å². The first-order valence-electron chi connectivity index (χ1n) is 4.43. The van der Waals surface area contributed by atoms with E-state index in [0.29, 0.717) is 5.92 Å². The largest absolute Gasteiger partial charge is 0.396 e. The van der Waals surface area contributed by atoms with Crippen LogP contribution in [0.1, 0.15) is 13.3 Å². The maximum Gasteiger partial charge on any atom is 0.144 e. The summed E-state index contributed by atoms with van der Waals surface area (Å²) >= 11 is 0. The fourth-order valence-electron chi connectivity index (χ4n) is 0.992. The fourth-order valence-corrected chi connectivity index (χ4v) is 0.992. The van der Waals surface area contributed by atoms with Crippen LogP contribution in [0.25, 0.3) is 0 Å². The van der Waals surface area contributed by atoms with E-state index in [4.69, 9.17) is 5.11 Å². The molecule has 13 heavy (non-hydrogen) atoms. The molecule has 1 rings (SSSR count). The van der Waals surface area contributed by atoms with Crippen molar-refractivity contribution in [3.8, 4) is 0 Å². The number of aliphatic hydroxyl groups is 1. The Morgan fingerprint density at radius 1 is 1.54 bits per heavy atom. The average Bonchev–Trinajstić information content (AvgIpc) is 2.17. The smallest absolute Gasteiger partial charge is 0.144 e. The highest BCUT2D eigenvalue weighted by atomic mass is 16.3. The van der Waals surface area contributed by atoms with Gasteiger partial charge in [0.05, 0.1) is 6.20 Å². The van der Waals surface area contributed by atoms with Crippen molar-refractivity contribution >= 4 is 5.82 Å². The van der Waals surface area contributed by atoms with Crippen LogP contribution >= 0.6 is 0 Å². The molecule has 0 saturated carbocycles. The van der Waals surface area contributed by atoms with Crippen LogP contribution in [0.3, 0.4) is 0 Å². The predicted molar refractivity (Wildman–Crippen MR) is 51.4 cm³/mol.